The molecule has 0 radical (unpaired) electrons. The molecule has 76 valence electrons. The first-order valence-electron chi connectivity index (χ1n) is 4.45. The van der Waals surface area contributed by atoms with Crippen molar-refractivity contribution in [3.05, 3.63) is 41.4 Å². The average molecular weight is 221 g/mol. The van der Waals surface area contributed by atoms with Gasteiger partial charge >= 0.3 is 0 Å². The summed E-state index contributed by atoms with van der Waals surface area (Å²) in [6, 6.07) is 6.89. The van der Waals surface area contributed by atoms with E-state index in [2.05, 4.69) is 9.97 Å². The van der Waals surface area contributed by atoms with Crippen LogP contribution in [0.5, 0.6) is 5.75 Å². The van der Waals surface area contributed by atoms with E-state index in [4.69, 9.17) is 16.7 Å². The van der Waals surface area contributed by atoms with Gasteiger partial charge in [0.25, 0.3) is 0 Å². The zero-order chi connectivity index (χ0) is 10.8. The van der Waals surface area contributed by atoms with E-state index in [0.717, 1.165) is 16.8 Å². The normalized spacial score (nSPS) is 10.3. The molecule has 0 aliphatic carbocycles. The van der Waals surface area contributed by atoms with Crippen molar-refractivity contribution in [2.75, 3.05) is 0 Å². The second kappa shape index (κ2) is 3.87. The molecular formula is C11H9ClN2O. The standard InChI is InChI=1S/C11H9ClN2O/c1-7-10(6-13-11(12)14-7)8-2-4-9(15)5-3-8/h2-6,15H,1H3. The van der Waals surface area contributed by atoms with Crippen molar-refractivity contribution < 1.29 is 5.11 Å². The maximum Gasteiger partial charge on any atom is 0.222 e. The number of hydrogen-bond acceptors (Lipinski definition) is 3. The number of aromatic hydroxyl groups is 1. The lowest BCUT2D eigenvalue weighted by Gasteiger charge is -2.04. The van der Waals surface area contributed by atoms with E-state index in [-0.39, 0.29) is 11.0 Å². The summed E-state index contributed by atoms with van der Waals surface area (Å²) < 4.78 is 0. The van der Waals surface area contributed by atoms with E-state index in [1.165, 1.54) is 0 Å². The Kier molecular flexibility index (Phi) is 2.56. The molecule has 1 aromatic heterocycles. The van der Waals surface area contributed by atoms with E-state index in [1.807, 2.05) is 19.1 Å². The lowest BCUT2D eigenvalue weighted by molar-refractivity contribution is 0.475. The Morgan fingerprint density at radius 2 is 1.87 bits per heavy atom. The SMILES string of the molecule is Cc1nc(Cl)ncc1-c1ccc(O)cc1. The Balaban J connectivity index is 2.49. The number of phenolic OH excluding ortho intramolecular Hbond substituents is 1. The third kappa shape index (κ3) is 2.07. The largest absolute Gasteiger partial charge is 0.508 e. The molecule has 0 aliphatic heterocycles. The fourth-order valence-corrected chi connectivity index (χ4v) is 1.54. The topological polar surface area (TPSA) is 46.0 Å². The third-order valence-electron chi connectivity index (χ3n) is 2.13. The van der Waals surface area contributed by atoms with E-state index >= 15 is 0 Å². The molecule has 1 heterocycles. The van der Waals surface area contributed by atoms with Crippen LogP contribution in [0.4, 0.5) is 0 Å². The van der Waals surface area contributed by atoms with Crippen LogP contribution in [0.2, 0.25) is 5.28 Å². The second-order valence-electron chi connectivity index (χ2n) is 3.18. The monoisotopic (exact) mass is 220 g/mol. The van der Waals surface area contributed by atoms with Gasteiger partial charge in [0, 0.05) is 11.8 Å². The lowest BCUT2D eigenvalue weighted by Crippen LogP contribution is -1.90. The van der Waals surface area contributed by atoms with Gasteiger partial charge in [0.1, 0.15) is 5.75 Å². The molecule has 0 spiro atoms. The van der Waals surface area contributed by atoms with Gasteiger partial charge in [-0.1, -0.05) is 12.1 Å². The van der Waals surface area contributed by atoms with Crippen molar-refractivity contribution in [1.29, 1.82) is 0 Å². The number of rotatable bonds is 1. The number of hydrogen-bond donors (Lipinski definition) is 1. The van der Waals surface area contributed by atoms with Crippen LogP contribution in [-0.2, 0) is 0 Å². The van der Waals surface area contributed by atoms with Gasteiger partial charge < -0.3 is 5.11 Å². The summed E-state index contributed by atoms with van der Waals surface area (Å²) in [6.07, 6.45) is 1.68. The van der Waals surface area contributed by atoms with Crippen LogP contribution < -0.4 is 0 Å². The van der Waals surface area contributed by atoms with Gasteiger partial charge in [-0.15, -0.1) is 0 Å². The van der Waals surface area contributed by atoms with E-state index in [0.29, 0.717) is 0 Å². The second-order valence-corrected chi connectivity index (χ2v) is 3.52. The van der Waals surface area contributed by atoms with Gasteiger partial charge in [0.2, 0.25) is 5.28 Å². The molecule has 0 aliphatic rings. The van der Waals surface area contributed by atoms with Crippen molar-refractivity contribution in [3.8, 4) is 16.9 Å². The maximum absolute atomic E-state index is 9.16. The van der Waals surface area contributed by atoms with Crippen LogP contribution in [0.25, 0.3) is 11.1 Å². The minimum absolute atomic E-state index is 0.242. The molecule has 0 unspecified atom stereocenters. The number of phenols is 1. The summed E-state index contributed by atoms with van der Waals surface area (Å²) in [5.74, 6) is 0.242. The van der Waals surface area contributed by atoms with E-state index < -0.39 is 0 Å². The summed E-state index contributed by atoms with van der Waals surface area (Å²) in [6.45, 7) is 1.87. The molecule has 4 heteroatoms. The van der Waals surface area contributed by atoms with Gasteiger partial charge in [-0.05, 0) is 36.2 Å². The van der Waals surface area contributed by atoms with Gasteiger partial charge in [0.15, 0.2) is 0 Å². The average Bonchev–Trinajstić information content (AvgIpc) is 2.20. The summed E-state index contributed by atoms with van der Waals surface area (Å²) in [7, 11) is 0. The highest BCUT2D eigenvalue weighted by atomic mass is 35.5. The Morgan fingerprint density at radius 1 is 1.20 bits per heavy atom. The van der Waals surface area contributed by atoms with Crippen molar-refractivity contribution >= 4 is 11.6 Å². The zero-order valence-electron chi connectivity index (χ0n) is 8.11. The molecular weight excluding hydrogens is 212 g/mol. The summed E-state index contributed by atoms with van der Waals surface area (Å²) in [5, 5.41) is 9.41. The Morgan fingerprint density at radius 3 is 2.47 bits per heavy atom. The zero-order valence-corrected chi connectivity index (χ0v) is 8.86. The fourth-order valence-electron chi connectivity index (χ4n) is 1.36. The van der Waals surface area contributed by atoms with Crippen LogP contribution in [0.3, 0.4) is 0 Å². The predicted molar refractivity (Wildman–Crippen MR) is 58.9 cm³/mol. The summed E-state index contributed by atoms with van der Waals surface area (Å²) >= 11 is 5.67. The van der Waals surface area contributed by atoms with Crippen molar-refractivity contribution in [3.63, 3.8) is 0 Å². The van der Waals surface area contributed by atoms with Crippen LogP contribution >= 0.6 is 11.6 Å². The molecule has 3 nitrogen and oxygen atoms in total. The molecule has 2 rings (SSSR count). The number of benzene rings is 1. The highest BCUT2D eigenvalue weighted by Crippen LogP contribution is 2.23. The molecule has 0 fully saturated rings. The highest BCUT2D eigenvalue weighted by molar-refractivity contribution is 6.28. The molecule has 0 bridgehead atoms. The van der Waals surface area contributed by atoms with Gasteiger partial charge in [0.05, 0.1) is 5.69 Å². The Bertz CT molecular complexity index is 482. The molecule has 0 saturated heterocycles. The summed E-state index contributed by atoms with van der Waals surface area (Å²) in [5.41, 5.74) is 2.70. The van der Waals surface area contributed by atoms with Gasteiger partial charge in [-0.2, -0.15) is 0 Å². The van der Waals surface area contributed by atoms with Crippen LogP contribution in [0.1, 0.15) is 5.69 Å². The molecule has 1 aromatic carbocycles. The number of aromatic nitrogens is 2. The van der Waals surface area contributed by atoms with E-state index in [1.54, 1.807) is 18.3 Å². The first kappa shape index (κ1) is 9.93. The Labute approximate surface area is 92.4 Å². The maximum atomic E-state index is 9.16. The first-order valence-corrected chi connectivity index (χ1v) is 4.83. The molecule has 0 saturated carbocycles. The molecule has 15 heavy (non-hydrogen) atoms. The van der Waals surface area contributed by atoms with Crippen LogP contribution in [0, 0.1) is 6.92 Å². The van der Waals surface area contributed by atoms with Gasteiger partial charge in [-0.3, -0.25) is 0 Å². The quantitative estimate of drug-likeness (QED) is 0.752. The van der Waals surface area contributed by atoms with Crippen molar-refractivity contribution in [2.45, 2.75) is 6.92 Å². The number of aryl methyl sites for hydroxylation is 1. The predicted octanol–water partition coefficient (Wildman–Crippen LogP) is 2.81. The lowest BCUT2D eigenvalue weighted by atomic mass is 10.1. The number of halogens is 1. The van der Waals surface area contributed by atoms with Crippen molar-refractivity contribution in [2.24, 2.45) is 0 Å². The van der Waals surface area contributed by atoms with Gasteiger partial charge in [-0.25, -0.2) is 9.97 Å². The molecule has 2 aromatic rings. The number of nitrogens with zero attached hydrogens (tertiary/aromatic N) is 2. The summed E-state index contributed by atoms with van der Waals surface area (Å²) in [4.78, 5) is 7.99. The van der Waals surface area contributed by atoms with E-state index in [9.17, 15) is 0 Å². The smallest absolute Gasteiger partial charge is 0.222 e. The molecule has 0 amide bonds. The minimum atomic E-state index is 0.242. The third-order valence-corrected chi connectivity index (χ3v) is 2.31. The van der Waals surface area contributed by atoms with Crippen LogP contribution in [-0.4, -0.2) is 15.1 Å². The molecule has 1 N–H and O–H groups in total. The minimum Gasteiger partial charge on any atom is -0.508 e. The Hall–Kier alpha value is -1.61. The highest BCUT2D eigenvalue weighted by Gasteiger charge is 2.04. The first-order chi connectivity index (χ1) is 7.16. The van der Waals surface area contributed by atoms with Crippen molar-refractivity contribution in [1.82, 2.24) is 9.97 Å². The molecule has 0 atom stereocenters. The fraction of sp³-hybridized carbons (Fsp3) is 0.0909. The van der Waals surface area contributed by atoms with Crippen LogP contribution in [0.15, 0.2) is 30.5 Å².